The van der Waals surface area contributed by atoms with Crippen LogP contribution in [0.2, 0.25) is 0 Å². The standard InChI is InChI=1S/C16H17FN4O3S/c17-10-3-5-11(6-4-10)19-15(23)21-16-20-13(9-25-16)14(22)18-8-12-2-1-7-24-12/h3-6,9,12H,1-2,7-8H2,(H,18,22)(H2,19,20,21,23). The molecule has 3 rings (SSSR count). The van der Waals surface area contributed by atoms with E-state index in [2.05, 4.69) is 20.9 Å². The lowest BCUT2D eigenvalue weighted by Gasteiger charge is -2.09. The Morgan fingerprint density at radius 2 is 2.08 bits per heavy atom. The van der Waals surface area contributed by atoms with Gasteiger partial charge >= 0.3 is 6.03 Å². The number of rotatable bonds is 5. The average molecular weight is 364 g/mol. The fourth-order valence-electron chi connectivity index (χ4n) is 2.33. The highest BCUT2D eigenvalue weighted by atomic mass is 32.1. The summed E-state index contributed by atoms with van der Waals surface area (Å²) in [6, 6.07) is 4.86. The maximum atomic E-state index is 12.8. The maximum Gasteiger partial charge on any atom is 0.325 e. The van der Waals surface area contributed by atoms with Crippen LogP contribution in [0.3, 0.4) is 0 Å². The number of urea groups is 1. The Morgan fingerprint density at radius 3 is 2.80 bits per heavy atom. The van der Waals surface area contributed by atoms with Gasteiger partial charge in [0.2, 0.25) is 0 Å². The molecule has 0 aliphatic carbocycles. The Labute approximate surface area is 147 Å². The van der Waals surface area contributed by atoms with Crippen molar-refractivity contribution >= 4 is 34.1 Å². The van der Waals surface area contributed by atoms with E-state index in [-0.39, 0.29) is 23.5 Å². The number of hydrogen-bond acceptors (Lipinski definition) is 5. The first-order valence-electron chi connectivity index (χ1n) is 7.79. The van der Waals surface area contributed by atoms with Crippen molar-refractivity contribution in [3.63, 3.8) is 0 Å². The van der Waals surface area contributed by atoms with Gasteiger partial charge < -0.3 is 15.4 Å². The molecule has 3 amide bonds. The van der Waals surface area contributed by atoms with Gasteiger partial charge in [0.25, 0.3) is 5.91 Å². The van der Waals surface area contributed by atoms with E-state index >= 15 is 0 Å². The Balaban J connectivity index is 1.49. The Kier molecular flexibility index (Phi) is 5.56. The van der Waals surface area contributed by atoms with E-state index in [1.165, 1.54) is 24.3 Å². The van der Waals surface area contributed by atoms with Crippen LogP contribution in [0.25, 0.3) is 0 Å². The number of hydrogen-bond donors (Lipinski definition) is 3. The van der Waals surface area contributed by atoms with Crippen LogP contribution in [0.1, 0.15) is 23.3 Å². The lowest BCUT2D eigenvalue weighted by Crippen LogP contribution is -2.32. The van der Waals surface area contributed by atoms with Crippen molar-refractivity contribution in [2.45, 2.75) is 18.9 Å². The number of nitrogens with one attached hydrogen (secondary N) is 3. The van der Waals surface area contributed by atoms with Crippen molar-refractivity contribution in [2.24, 2.45) is 0 Å². The second kappa shape index (κ2) is 8.04. The molecule has 1 aliphatic rings. The van der Waals surface area contributed by atoms with Gasteiger partial charge in [-0.3, -0.25) is 10.1 Å². The molecule has 1 atom stereocenters. The van der Waals surface area contributed by atoms with Crippen LogP contribution in [0.5, 0.6) is 0 Å². The molecular formula is C16H17FN4O3S. The molecule has 9 heteroatoms. The molecule has 0 radical (unpaired) electrons. The summed E-state index contributed by atoms with van der Waals surface area (Å²) < 4.78 is 18.3. The highest BCUT2D eigenvalue weighted by Gasteiger charge is 2.18. The summed E-state index contributed by atoms with van der Waals surface area (Å²) in [6.45, 7) is 1.18. The second-order valence-electron chi connectivity index (χ2n) is 5.47. The van der Waals surface area contributed by atoms with Crippen molar-refractivity contribution in [1.82, 2.24) is 10.3 Å². The SMILES string of the molecule is O=C(Nc1ccc(F)cc1)Nc1nc(C(=O)NCC2CCCO2)cs1. The number of carbonyl (C=O) groups is 2. The Bertz CT molecular complexity index is 744. The van der Waals surface area contributed by atoms with E-state index in [9.17, 15) is 14.0 Å². The first kappa shape index (κ1) is 17.3. The minimum Gasteiger partial charge on any atom is -0.376 e. The summed E-state index contributed by atoms with van der Waals surface area (Å²) in [4.78, 5) is 28.0. The molecule has 132 valence electrons. The molecule has 7 nitrogen and oxygen atoms in total. The molecule has 1 fully saturated rings. The van der Waals surface area contributed by atoms with Gasteiger partial charge in [-0.25, -0.2) is 14.2 Å². The number of halogens is 1. The number of ether oxygens (including phenoxy) is 1. The number of aromatic nitrogens is 1. The summed E-state index contributed by atoms with van der Waals surface area (Å²) in [5.74, 6) is -0.691. The highest BCUT2D eigenvalue weighted by molar-refractivity contribution is 7.14. The van der Waals surface area contributed by atoms with E-state index in [0.29, 0.717) is 17.4 Å². The van der Waals surface area contributed by atoms with E-state index in [1.807, 2.05) is 0 Å². The van der Waals surface area contributed by atoms with Crippen molar-refractivity contribution in [3.8, 4) is 0 Å². The van der Waals surface area contributed by atoms with E-state index in [0.717, 1.165) is 30.8 Å². The first-order chi connectivity index (χ1) is 12.1. The number of thiazole rings is 1. The van der Waals surface area contributed by atoms with E-state index < -0.39 is 6.03 Å². The molecule has 1 saturated heterocycles. The van der Waals surface area contributed by atoms with Crippen LogP contribution in [0, 0.1) is 5.82 Å². The van der Waals surface area contributed by atoms with E-state index in [4.69, 9.17) is 4.74 Å². The molecule has 1 unspecified atom stereocenters. The smallest absolute Gasteiger partial charge is 0.325 e. The van der Waals surface area contributed by atoms with Crippen molar-refractivity contribution in [2.75, 3.05) is 23.8 Å². The average Bonchev–Trinajstić information content (AvgIpc) is 3.26. The molecule has 1 aromatic heterocycles. The monoisotopic (exact) mass is 364 g/mol. The van der Waals surface area contributed by atoms with Crippen LogP contribution in [0.15, 0.2) is 29.6 Å². The summed E-state index contributed by atoms with van der Waals surface area (Å²) >= 11 is 1.14. The molecule has 0 bridgehead atoms. The molecule has 25 heavy (non-hydrogen) atoms. The summed E-state index contributed by atoms with van der Waals surface area (Å²) in [5, 5.41) is 9.72. The summed E-state index contributed by atoms with van der Waals surface area (Å²) in [5.41, 5.74) is 0.685. The predicted octanol–water partition coefficient (Wildman–Crippen LogP) is 2.84. The third kappa shape index (κ3) is 4.97. The largest absolute Gasteiger partial charge is 0.376 e. The highest BCUT2D eigenvalue weighted by Crippen LogP contribution is 2.17. The normalized spacial score (nSPS) is 16.4. The molecule has 0 spiro atoms. The van der Waals surface area contributed by atoms with E-state index in [1.54, 1.807) is 5.38 Å². The molecular weight excluding hydrogens is 347 g/mol. The zero-order valence-electron chi connectivity index (χ0n) is 13.3. The summed E-state index contributed by atoms with van der Waals surface area (Å²) in [7, 11) is 0. The van der Waals surface area contributed by atoms with Gasteiger partial charge in [-0.2, -0.15) is 0 Å². The van der Waals surface area contributed by atoms with Crippen LogP contribution in [-0.4, -0.2) is 36.2 Å². The van der Waals surface area contributed by atoms with Gasteiger partial charge in [-0.1, -0.05) is 0 Å². The van der Waals surface area contributed by atoms with Gasteiger partial charge in [0.15, 0.2) is 5.13 Å². The van der Waals surface area contributed by atoms with Crippen molar-refractivity contribution < 1.29 is 18.7 Å². The fraction of sp³-hybridized carbons (Fsp3) is 0.312. The fourth-order valence-corrected chi connectivity index (χ4v) is 3.02. The zero-order valence-corrected chi connectivity index (χ0v) is 14.1. The van der Waals surface area contributed by atoms with Crippen LogP contribution < -0.4 is 16.0 Å². The van der Waals surface area contributed by atoms with Crippen molar-refractivity contribution in [3.05, 3.63) is 41.2 Å². The molecule has 1 aromatic carbocycles. The first-order valence-corrected chi connectivity index (χ1v) is 8.67. The minimum absolute atomic E-state index is 0.0571. The number of anilines is 2. The summed E-state index contributed by atoms with van der Waals surface area (Å²) in [6.07, 6.45) is 2.00. The predicted molar refractivity (Wildman–Crippen MR) is 92.5 cm³/mol. The van der Waals surface area contributed by atoms with Crippen LogP contribution in [-0.2, 0) is 4.74 Å². The van der Waals surface area contributed by atoms with Gasteiger partial charge in [0, 0.05) is 24.2 Å². The zero-order chi connectivity index (χ0) is 17.6. The number of nitrogens with zero attached hydrogens (tertiary/aromatic N) is 1. The third-order valence-electron chi connectivity index (χ3n) is 3.57. The Hall–Kier alpha value is -2.52. The molecule has 2 aromatic rings. The van der Waals surface area contributed by atoms with Gasteiger partial charge in [0.05, 0.1) is 6.10 Å². The van der Waals surface area contributed by atoms with Crippen LogP contribution >= 0.6 is 11.3 Å². The second-order valence-corrected chi connectivity index (χ2v) is 6.33. The maximum absolute atomic E-state index is 12.8. The number of amides is 3. The lowest BCUT2D eigenvalue weighted by molar-refractivity contribution is 0.0854. The third-order valence-corrected chi connectivity index (χ3v) is 4.33. The topological polar surface area (TPSA) is 92.4 Å². The number of carbonyl (C=O) groups excluding carboxylic acids is 2. The molecule has 1 aliphatic heterocycles. The lowest BCUT2D eigenvalue weighted by atomic mass is 10.2. The van der Waals surface area contributed by atoms with Crippen molar-refractivity contribution in [1.29, 1.82) is 0 Å². The van der Waals surface area contributed by atoms with Gasteiger partial charge in [0.1, 0.15) is 11.5 Å². The molecule has 0 saturated carbocycles. The Morgan fingerprint density at radius 1 is 1.28 bits per heavy atom. The number of benzene rings is 1. The van der Waals surface area contributed by atoms with Crippen LogP contribution in [0.4, 0.5) is 20.0 Å². The minimum atomic E-state index is -0.521. The molecule has 3 N–H and O–H groups in total. The van der Waals surface area contributed by atoms with Gasteiger partial charge in [-0.05, 0) is 37.1 Å². The molecule has 2 heterocycles. The quantitative estimate of drug-likeness (QED) is 0.761. The van der Waals surface area contributed by atoms with Gasteiger partial charge in [-0.15, -0.1) is 11.3 Å².